The highest BCUT2D eigenvalue weighted by molar-refractivity contribution is 9.10. The molecule has 0 aliphatic rings. The number of aromatic nitrogens is 3. The Labute approximate surface area is 87.5 Å². The third-order valence-electron chi connectivity index (χ3n) is 1.82. The molecular weight excluding hydrogens is 250 g/mol. The lowest BCUT2D eigenvalue weighted by atomic mass is 10.2. The molecule has 0 aromatic carbocycles. The molecule has 0 aliphatic heterocycles. The predicted octanol–water partition coefficient (Wildman–Crippen LogP) is 1.12. The first kappa shape index (κ1) is 9.14. The van der Waals surface area contributed by atoms with Gasteiger partial charge in [-0.1, -0.05) is 6.07 Å². The van der Waals surface area contributed by atoms with E-state index in [1.807, 2.05) is 0 Å². The van der Waals surface area contributed by atoms with Crippen LogP contribution in [0.25, 0.3) is 5.65 Å². The van der Waals surface area contributed by atoms with Crippen molar-refractivity contribution in [1.29, 1.82) is 0 Å². The zero-order chi connectivity index (χ0) is 10.1. The van der Waals surface area contributed by atoms with Gasteiger partial charge in [-0.05, 0) is 22.0 Å². The van der Waals surface area contributed by atoms with Crippen LogP contribution < -0.4 is 0 Å². The van der Waals surface area contributed by atoms with E-state index in [0.717, 1.165) is 0 Å². The molecule has 0 fully saturated rings. The lowest BCUT2D eigenvalue weighted by Gasteiger charge is -1.98. The normalized spacial score (nSPS) is 10.6. The van der Waals surface area contributed by atoms with E-state index in [9.17, 15) is 4.79 Å². The Morgan fingerprint density at radius 3 is 3.07 bits per heavy atom. The second-order valence-electron chi connectivity index (χ2n) is 2.77. The summed E-state index contributed by atoms with van der Waals surface area (Å²) in [6, 6.07) is 3.49. The fourth-order valence-electron chi connectivity index (χ4n) is 1.24. The van der Waals surface area contributed by atoms with Crippen molar-refractivity contribution in [3.05, 3.63) is 28.6 Å². The number of carboxylic acids is 1. The van der Waals surface area contributed by atoms with Crippen LogP contribution in [0.15, 0.2) is 23.1 Å². The number of carbonyl (C=O) groups is 1. The Balaban J connectivity index is 2.59. The Kier molecular flexibility index (Phi) is 2.20. The zero-order valence-corrected chi connectivity index (χ0v) is 8.60. The molecule has 2 aromatic heterocycles. The molecule has 2 aromatic rings. The van der Waals surface area contributed by atoms with E-state index in [1.54, 1.807) is 22.7 Å². The van der Waals surface area contributed by atoms with Crippen molar-refractivity contribution < 1.29 is 9.90 Å². The number of aliphatic carboxylic acids is 1. The fourth-order valence-corrected chi connectivity index (χ4v) is 1.61. The first-order valence-corrected chi connectivity index (χ1v) is 4.67. The first-order valence-electron chi connectivity index (χ1n) is 3.88. The second-order valence-corrected chi connectivity index (χ2v) is 3.48. The van der Waals surface area contributed by atoms with Crippen molar-refractivity contribution in [3.8, 4) is 0 Å². The van der Waals surface area contributed by atoms with E-state index >= 15 is 0 Å². The minimum atomic E-state index is -0.878. The number of hydrogen-bond acceptors (Lipinski definition) is 3. The minimum absolute atomic E-state index is 0.0462. The van der Waals surface area contributed by atoms with Crippen LogP contribution in [0.3, 0.4) is 0 Å². The summed E-state index contributed by atoms with van der Waals surface area (Å²) in [5, 5.41) is 16.3. The number of carboxylic acid groups (broad SMARTS) is 1. The van der Waals surface area contributed by atoms with E-state index in [-0.39, 0.29) is 6.42 Å². The van der Waals surface area contributed by atoms with Gasteiger partial charge in [-0.2, -0.15) is 0 Å². The smallest absolute Gasteiger partial charge is 0.307 e. The summed E-state index contributed by atoms with van der Waals surface area (Å²) in [6.07, 6.45) is 1.72. The maximum atomic E-state index is 10.6. The average molecular weight is 256 g/mol. The number of nitrogens with zero attached hydrogens (tertiary/aromatic N) is 3. The minimum Gasteiger partial charge on any atom is -0.481 e. The quantitative estimate of drug-likeness (QED) is 0.874. The molecule has 0 saturated heterocycles. The average Bonchev–Trinajstić information content (AvgIpc) is 2.49. The Bertz CT molecular complexity index is 494. The Morgan fingerprint density at radius 2 is 2.36 bits per heavy atom. The van der Waals surface area contributed by atoms with Gasteiger partial charge in [-0.25, -0.2) is 0 Å². The van der Waals surface area contributed by atoms with Gasteiger partial charge in [0.15, 0.2) is 5.65 Å². The van der Waals surface area contributed by atoms with Gasteiger partial charge in [-0.3, -0.25) is 9.20 Å². The maximum absolute atomic E-state index is 10.6. The summed E-state index contributed by atoms with van der Waals surface area (Å²) in [7, 11) is 0. The number of pyridine rings is 1. The van der Waals surface area contributed by atoms with Crippen LogP contribution in [0.2, 0.25) is 0 Å². The molecule has 0 amide bonds. The Morgan fingerprint density at radius 1 is 1.57 bits per heavy atom. The van der Waals surface area contributed by atoms with Crippen molar-refractivity contribution in [2.45, 2.75) is 6.42 Å². The van der Waals surface area contributed by atoms with Gasteiger partial charge >= 0.3 is 5.97 Å². The second kappa shape index (κ2) is 3.38. The highest BCUT2D eigenvalue weighted by Crippen LogP contribution is 2.13. The molecule has 0 aliphatic carbocycles. The summed E-state index contributed by atoms with van der Waals surface area (Å²) >= 11 is 3.21. The number of rotatable bonds is 2. The third kappa shape index (κ3) is 1.48. The number of hydrogen-bond donors (Lipinski definition) is 1. The molecule has 0 atom stereocenters. The molecule has 0 radical (unpaired) electrons. The monoisotopic (exact) mass is 255 g/mol. The molecule has 14 heavy (non-hydrogen) atoms. The Hall–Kier alpha value is -1.43. The highest BCUT2D eigenvalue weighted by Gasteiger charge is 2.09. The molecule has 0 spiro atoms. The molecule has 6 heteroatoms. The van der Waals surface area contributed by atoms with Crippen molar-refractivity contribution in [2.24, 2.45) is 0 Å². The van der Waals surface area contributed by atoms with E-state index in [0.29, 0.717) is 15.9 Å². The molecule has 2 rings (SSSR count). The van der Waals surface area contributed by atoms with Gasteiger partial charge in [0, 0.05) is 11.8 Å². The SMILES string of the molecule is O=C(O)Cc1cccn2c(Br)nnc12. The van der Waals surface area contributed by atoms with Gasteiger partial charge in [0.1, 0.15) is 0 Å². The standard InChI is InChI=1S/C8H6BrN3O2/c9-8-11-10-7-5(4-6(13)14)2-1-3-12(7)8/h1-3H,4H2,(H,13,14). The van der Waals surface area contributed by atoms with Crippen LogP contribution in [-0.2, 0) is 11.2 Å². The third-order valence-corrected chi connectivity index (χ3v) is 2.36. The largest absolute Gasteiger partial charge is 0.481 e. The van der Waals surface area contributed by atoms with Crippen LogP contribution in [0.1, 0.15) is 5.56 Å². The molecule has 1 N–H and O–H groups in total. The summed E-state index contributed by atoms with van der Waals surface area (Å²) in [5.74, 6) is -0.878. The van der Waals surface area contributed by atoms with E-state index in [2.05, 4.69) is 26.1 Å². The molecule has 0 saturated carbocycles. The summed E-state index contributed by atoms with van der Waals surface area (Å²) in [5.41, 5.74) is 1.22. The molecule has 0 unspecified atom stereocenters. The molecule has 0 bridgehead atoms. The maximum Gasteiger partial charge on any atom is 0.307 e. The highest BCUT2D eigenvalue weighted by atomic mass is 79.9. The van der Waals surface area contributed by atoms with Crippen molar-refractivity contribution >= 4 is 27.5 Å². The molecular formula is C8H6BrN3O2. The zero-order valence-electron chi connectivity index (χ0n) is 7.01. The number of fused-ring (bicyclic) bond motifs is 1. The molecule has 72 valence electrons. The van der Waals surface area contributed by atoms with Crippen LogP contribution in [-0.4, -0.2) is 25.7 Å². The van der Waals surface area contributed by atoms with E-state index < -0.39 is 5.97 Å². The van der Waals surface area contributed by atoms with Crippen LogP contribution in [0.5, 0.6) is 0 Å². The van der Waals surface area contributed by atoms with E-state index in [4.69, 9.17) is 5.11 Å². The lowest BCUT2D eigenvalue weighted by Crippen LogP contribution is -2.02. The first-order chi connectivity index (χ1) is 6.68. The van der Waals surface area contributed by atoms with Gasteiger partial charge in [0.05, 0.1) is 6.42 Å². The van der Waals surface area contributed by atoms with Crippen LogP contribution in [0, 0.1) is 0 Å². The molecule has 5 nitrogen and oxygen atoms in total. The topological polar surface area (TPSA) is 67.5 Å². The van der Waals surface area contributed by atoms with Gasteiger partial charge in [0.2, 0.25) is 4.73 Å². The van der Waals surface area contributed by atoms with Crippen molar-refractivity contribution in [3.63, 3.8) is 0 Å². The van der Waals surface area contributed by atoms with Gasteiger partial charge in [0.25, 0.3) is 0 Å². The summed E-state index contributed by atoms with van der Waals surface area (Å²) in [4.78, 5) is 10.6. The predicted molar refractivity (Wildman–Crippen MR) is 52.0 cm³/mol. The van der Waals surface area contributed by atoms with Gasteiger partial charge < -0.3 is 5.11 Å². The van der Waals surface area contributed by atoms with E-state index in [1.165, 1.54) is 0 Å². The van der Waals surface area contributed by atoms with Gasteiger partial charge in [-0.15, -0.1) is 10.2 Å². The summed E-state index contributed by atoms with van der Waals surface area (Å²) in [6.45, 7) is 0. The van der Waals surface area contributed by atoms with Crippen LogP contribution in [0.4, 0.5) is 0 Å². The molecule has 2 heterocycles. The van der Waals surface area contributed by atoms with Crippen molar-refractivity contribution in [1.82, 2.24) is 14.6 Å². The fraction of sp³-hybridized carbons (Fsp3) is 0.125. The summed E-state index contributed by atoms with van der Waals surface area (Å²) < 4.78 is 2.26. The lowest BCUT2D eigenvalue weighted by molar-refractivity contribution is -0.136. The van der Waals surface area contributed by atoms with Crippen LogP contribution >= 0.6 is 15.9 Å². The number of halogens is 1. The van der Waals surface area contributed by atoms with Crippen molar-refractivity contribution in [2.75, 3.05) is 0 Å².